The van der Waals surface area contributed by atoms with Gasteiger partial charge in [0.2, 0.25) is 0 Å². The SMILES string of the molecule is Cc1nc(C)c(C(=O)NC(C)(C(=O)O)c2ccc(F)cc2)s1. The van der Waals surface area contributed by atoms with Gasteiger partial charge in [-0.15, -0.1) is 11.3 Å². The monoisotopic (exact) mass is 322 g/mol. The number of nitrogens with zero attached hydrogens (tertiary/aromatic N) is 1. The van der Waals surface area contributed by atoms with Gasteiger partial charge in [0.1, 0.15) is 10.7 Å². The molecule has 0 spiro atoms. The molecule has 0 aliphatic heterocycles. The fraction of sp³-hybridized carbons (Fsp3) is 0.267. The van der Waals surface area contributed by atoms with Crippen LogP contribution in [0.3, 0.4) is 0 Å². The fourth-order valence-corrected chi connectivity index (χ4v) is 2.87. The van der Waals surface area contributed by atoms with Gasteiger partial charge in [0.25, 0.3) is 5.91 Å². The van der Waals surface area contributed by atoms with Gasteiger partial charge in [-0.3, -0.25) is 4.79 Å². The summed E-state index contributed by atoms with van der Waals surface area (Å²) >= 11 is 1.20. The summed E-state index contributed by atoms with van der Waals surface area (Å²) in [6.07, 6.45) is 0. The Hall–Kier alpha value is -2.28. The molecule has 0 aliphatic rings. The van der Waals surface area contributed by atoms with Crippen LogP contribution in [0, 0.1) is 19.7 Å². The van der Waals surface area contributed by atoms with Gasteiger partial charge in [-0.05, 0) is 38.5 Å². The second-order valence-electron chi connectivity index (χ2n) is 5.04. The third-order valence-corrected chi connectivity index (χ3v) is 4.39. The molecule has 0 saturated carbocycles. The van der Waals surface area contributed by atoms with E-state index in [0.29, 0.717) is 10.6 Å². The van der Waals surface area contributed by atoms with Gasteiger partial charge in [0.05, 0.1) is 10.7 Å². The van der Waals surface area contributed by atoms with E-state index in [1.807, 2.05) is 0 Å². The van der Waals surface area contributed by atoms with Crippen LogP contribution in [0.1, 0.15) is 32.9 Å². The minimum Gasteiger partial charge on any atom is -0.479 e. The van der Waals surface area contributed by atoms with Crippen molar-refractivity contribution in [2.24, 2.45) is 0 Å². The maximum absolute atomic E-state index is 13.0. The lowest BCUT2D eigenvalue weighted by atomic mass is 9.92. The number of carboxylic acid groups (broad SMARTS) is 1. The maximum Gasteiger partial charge on any atom is 0.333 e. The van der Waals surface area contributed by atoms with E-state index in [2.05, 4.69) is 10.3 Å². The summed E-state index contributed by atoms with van der Waals surface area (Å²) in [6, 6.07) is 5.00. The Bertz CT molecular complexity index is 727. The zero-order valence-electron chi connectivity index (χ0n) is 12.3. The molecule has 1 amide bonds. The maximum atomic E-state index is 13.0. The van der Waals surface area contributed by atoms with Crippen molar-refractivity contribution >= 4 is 23.2 Å². The number of hydrogen-bond donors (Lipinski definition) is 2. The average Bonchev–Trinajstić information content (AvgIpc) is 2.78. The molecule has 2 rings (SSSR count). The third kappa shape index (κ3) is 2.99. The van der Waals surface area contributed by atoms with E-state index in [4.69, 9.17) is 0 Å². The Morgan fingerprint density at radius 3 is 2.32 bits per heavy atom. The highest BCUT2D eigenvalue weighted by Crippen LogP contribution is 2.24. The molecule has 1 aromatic carbocycles. The van der Waals surface area contributed by atoms with E-state index in [-0.39, 0.29) is 5.56 Å². The van der Waals surface area contributed by atoms with Crippen LogP contribution in [-0.4, -0.2) is 22.0 Å². The highest BCUT2D eigenvalue weighted by Gasteiger charge is 2.37. The van der Waals surface area contributed by atoms with Crippen LogP contribution in [-0.2, 0) is 10.3 Å². The zero-order valence-corrected chi connectivity index (χ0v) is 13.1. The molecule has 1 heterocycles. The van der Waals surface area contributed by atoms with Crippen molar-refractivity contribution in [3.8, 4) is 0 Å². The largest absolute Gasteiger partial charge is 0.479 e. The molecule has 5 nitrogen and oxygen atoms in total. The first-order valence-electron chi connectivity index (χ1n) is 6.50. The van der Waals surface area contributed by atoms with Crippen molar-refractivity contribution < 1.29 is 19.1 Å². The van der Waals surface area contributed by atoms with Crippen molar-refractivity contribution in [1.29, 1.82) is 0 Å². The second kappa shape index (κ2) is 5.84. The lowest BCUT2D eigenvalue weighted by Gasteiger charge is -2.26. The summed E-state index contributed by atoms with van der Waals surface area (Å²) in [7, 11) is 0. The third-order valence-electron chi connectivity index (χ3n) is 3.32. The number of aryl methyl sites for hydroxylation is 2. The molecule has 7 heteroatoms. The number of nitrogens with one attached hydrogen (secondary N) is 1. The Kier molecular flexibility index (Phi) is 4.27. The number of aromatic nitrogens is 1. The fourth-order valence-electron chi connectivity index (χ4n) is 2.06. The molecule has 1 aromatic heterocycles. The van der Waals surface area contributed by atoms with E-state index >= 15 is 0 Å². The number of carbonyl (C=O) groups is 2. The molecule has 22 heavy (non-hydrogen) atoms. The summed E-state index contributed by atoms with van der Waals surface area (Å²) < 4.78 is 13.0. The summed E-state index contributed by atoms with van der Waals surface area (Å²) in [5.74, 6) is -2.22. The standard InChI is InChI=1S/C15H15FN2O3S/c1-8-12(22-9(2)17-8)13(19)18-15(3,14(20)21)10-4-6-11(16)7-5-10/h4-7H,1-3H3,(H,18,19)(H,20,21). The number of hydrogen-bond acceptors (Lipinski definition) is 4. The number of aliphatic carboxylic acids is 1. The van der Waals surface area contributed by atoms with Crippen molar-refractivity contribution in [2.45, 2.75) is 26.3 Å². The van der Waals surface area contributed by atoms with E-state index in [9.17, 15) is 19.1 Å². The van der Waals surface area contributed by atoms with E-state index < -0.39 is 23.2 Å². The number of carbonyl (C=O) groups excluding carboxylic acids is 1. The lowest BCUT2D eigenvalue weighted by molar-refractivity contribution is -0.144. The number of amides is 1. The molecule has 1 atom stereocenters. The predicted molar refractivity (Wildman–Crippen MR) is 80.4 cm³/mol. The molecule has 2 aromatic rings. The van der Waals surface area contributed by atoms with Gasteiger partial charge in [0.15, 0.2) is 5.54 Å². The van der Waals surface area contributed by atoms with Crippen LogP contribution in [0.25, 0.3) is 0 Å². The van der Waals surface area contributed by atoms with Crippen LogP contribution in [0.4, 0.5) is 4.39 Å². The smallest absolute Gasteiger partial charge is 0.333 e. The van der Waals surface area contributed by atoms with Crippen LogP contribution < -0.4 is 5.32 Å². The first kappa shape index (κ1) is 16.1. The van der Waals surface area contributed by atoms with E-state index in [0.717, 1.165) is 17.1 Å². The predicted octanol–water partition coefficient (Wildman–Crippen LogP) is 2.63. The van der Waals surface area contributed by atoms with E-state index in [1.54, 1.807) is 13.8 Å². The van der Waals surface area contributed by atoms with Crippen LogP contribution in [0.5, 0.6) is 0 Å². The van der Waals surface area contributed by atoms with Crippen LogP contribution in [0.2, 0.25) is 0 Å². The number of rotatable bonds is 4. The molecule has 1 unspecified atom stereocenters. The van der Waals surface area contributed by atoms with Crippen LogP contribution in [0.15, 0.2) is 24.3 Å². The first-order chi connectivity index (χ1) is 10.2. The molecule has 0 fully saturated rings. The first-order valence-corrected chi connectivity index (χ1v) is 7.31. The van der Waals surface area contributed by atoms with Gasteiger partial charge >= 0.3 is 5.97 Å². The summed E-state index contributed by atoms with van der Waals surface area (Å²) in [5, 5.41) is 12.7. The van der Waals surface area contributed by atoms with Gasteiger partial charge in [-0.2, -0.15) is 0 Å². The minimum absolute atomic E-state index is 0.286. The molecule has 0 aliphatic carbocycles. The lowest BCUT2D eigenvalue weighted by Crippen LogP contribution is -2.49. The summed E-state index contributed by atoms with van der Waals surface area (Å²) in [6.45, 7) is 4.82. The van der Waals surface area contributed by atoms with Crippen molar-refractivity contribution in [1.82, 2.24) is 10.3 Å². The quantitative estimate of drug-likeness (QED) is 0.907. The van der Waals surface area contributed by atoms with Crippen molar-refractivity contribution in [3.63, 3.8) is 0 Å². The summed E-state index contributed by atoms with van der Waals surface area (Å²) in [5.41, 5.74) is -0.824. The Balaban J connectivity index is 2.36. The molecule has 116 valence electrons. The highest BCUT2D eigenvalue weighted by atomic mass is 32.1. The van der Waals surface area contributed by atoms with Crippen molar-refractivity contribution in [2.75, 3.05) is 0 Å². The topological polar surface area (TPSA) is 79.3 Å². The number of thiazole rings is 1. The molecular weight excluding hydrogens is 307 g/mol. The zero-order chi connectivity index (χ0) is 16.5. The Morgan fingerprint density at radius 1 is 1.27 bits per heavy atom. The normalized spacial score (nSPS) is 13.5. The minimum atomic E-state index is -1.66. The molecule has 0 saturated heterocycles. The van der Waals surface area contributed by atoms with Gasteiger partial charge in [0, 0.05) is 0 Å². The highest BCUT2D eigenvalue weighted by molar-refractivity contribution is 7.13. The van der Waals surface area contributed by atoms with Gasteiger partial charge in [-0.1, -0.05) is 12.1 Å². The van der Waals surface area contributed by atoms with Gasteiger partial charge < -0.3 is 10.4 Å². The molecule has 2 N–H and O–H groups in total. The Morgan fingerprint density at radius 2 is 1.86 bits per heavy atom. The Labute approximate surface area is 130 Å². The van der Waals surface area contributed by atoms with Crippen molar-refractivity contribution in [3.05, 3.63) is 51.2 Å². The van der Waals surface area contributed by atoms with E-state index in [1.165, 1.54) is 30.4 Å². The number of halogens is 1. The van der Waals surface area contributed by atoms with Crippen LogP contribution >= 0.6 is 11.3 Å². The second-order valence-corrected chi connectivity index (χ2v) is 6.24. The molecular formula is C15H15FN2O3S. The van der Waals surface area contributed by atoms with Gasteiger partial charge in [-0.25, -0.2) is 14.2 Å². The molecule has 0 radical (unpaired) electrons. The number of carboxylic acids is 1. The number of benzene rings is 1. The average molecular weight is 322 g/mol. The summed E-state index contributed by atoms with van der Waals surface area (Å²) in [4.78, 5) is 28.5. The molecule has 0 bridgehead atoms.